The highest BCUT2D eigenvalue weighted by atomic mass is 16.5. The molecule has 0 aliphatic heterocycles. The lowest BCUT2D eigenvalue weighted by molar-refractivity contribution is 0.185. The molecule has 0 atom stereocenters. The first-order chi connectivity index (χ1) is 7.36. The number of methoxy groups -OCH3 is 1. The Morgan fingerprint density at radius 3 is 2.87 bits per heavy atom. The minimum atomic E-state index is 0.683. The predicted octanol–water partition coefficient (Wildman–Crippen LogP) is 2.50. The smallest absolute Gasteiger partial charge is 0.0713 e. The van der Waals surface area contributed by atoms with E-state index in [9.17, 15) is 0 Å². The average Bonchev–Trinajstić information content (AvgIpc) is 2.26. The Labute approximate surface area is 92.0 Å². The van der Waals surface area contributed by atoms with Crippen LogP contribution in [0.3, 0.4) is 0 Å². The van der Waals surface area contributed by atoms with Crippen molar-refractivity contribution in [3.63, 3.8) is 0 Å². The van der Waals surface area contributed by atoms with Crippen molar-refractivity contribution in [1.82, 2.24) is 5.32 Å². The maximum absolute atomic E-state index is 5.09. The first-order valence-electron chi connectivity index (χ1n) is 5.25. The first-order valence-corrected chi connectivity index (χ1v) is 5.25. The minimum Gasteiger partial charge on any atom is -0.380 e. The molecule has 1 N–H and O–H groups in total. The van der Waals surface area contributed by atoms with Crippen molar-refractivity contribution in [3.8, 4) is 0 Å². The molecule has 15 heavy (non-hydrogen) atoms. The van der Waals surface area contributed by atoms with Gasteiger partial charge in [-0.15, -0.1) is 0 Å². The molecule has 1 aromatic carbocycles. The highest BCUT2D eigenvalue weighted by Gasteiger charge is 1.94. The summed E-state index contributed by atoms with van der Waals surface area (Å²) in [6, 6.07) is 8.45. The zero-order valence-corrected chi connectivity index (χ0v) is 9.49. The van der Waals surface area contributed by atoms with Gasteiger partial charge in [-0.05, 0) is 18.1 Å². The second-order valence-electron chi connectivity index (χ2n) is 3.45. The molecule has 2 heteroatoms. The number of allylic oxidation sites excluding steroid dienone is 1. The van der Waals surface area contributed by atoms with Crippen molar-refractivity contribution in [1.29, 1.82) is 0 Å². The highest BCUT2D eigenvalue weighted by Crippen LogP contribution is 2.05. The van der Waals surface area contributed by atoms with Crippen molar-refractivity contribution < 1.29 is 4.74 Å². The third-order valence-corrected chi connectivity index (χ3v) is 2.13. The maximum Gasteiger partial charge on any atom is 0.0713 e. The molecule has 0 bridgehead atoms. The van der Waals surface area contributed by atoms with Crippen molar-refractivity contribution >= 4 is 0 Å². The summed E-state index contributed by atoms with van der Waals surface area (Å²) in [5, 5.41) is 3.34. The van der Waals surface area contributed by atoms with Gasteiger partial charge in [-0.2, -0.15) is 0 Å². The zero-order chi connectivity index (χ0) is 10.9. The van der Waals surface area contributed by atoms with Gasteiger partial charge in [-0.1, -0.05) is 36.4 Å². The summed E-state index contributed by atoms with van der Waals surface area (Å²) in [5.74, 6) is 0. The number of nitrogens with one attached hydrogen (secondary N) is 1. The molecule has 0 saturated carbocycles. The molecular weight excluding hydrogens is 186 g/mol. The van der Waals surface area contributed by atoms with Crippen molar-refractivity contribution in [2.75, 3.05) is 13.7 Å². The molecule has 2 nitrogen and oxygen atoms in total. The second kappa shape index (κ2) is 7.21. The Kier molecular flexibility index (Phi) is 5.74. The van der Waals surface area contributed by atoms with Crippen LogP contribution >= 0.6 is 0 Å². The average molecular weight is 205 g/mol. The monoisotopic (exact) mass is 205 g/mol. The Morgan fingerprint density at radius 2 is 2.13 bits per heavy atom. The Bertz CT molecular complexity index is 307. The lowest BCUT2D eigenvalue weighted by atomic mass is 10.1. The van der Waals surface area contributed by atoms with Crippen LogP contribution in [-0.4, -0.2) is 13.7 Å². The fourth-order valence-electron chi connectivity index (χ4n) is 1.41. The molecule has 0 aromatic heterocycles. The molecule has 0 amide bonds. The predicted molar refractivity (Wildman–Crippen MR) is 63.7 cm³/mol. The Morgan fingerprint density at radius 1 is 1.33 bits per heavy atom. The van der Waals surface area contributed by atoms with Crippen LogP contribution in [0.4, 0.5) is 0 Å². The van der Waals surface area contributed by atoms with Crippen molar-refractivity contribution in [2.24, 2.45) is 0 Å². The summed E-state index contributed by atoms with van der Waals surface area (Å²) in [7, 11) is 1.72. The summed E-state index contributed by atoms with van der Waals surface area (Å²) in [5.41, 5.74) is 2.52. The molecule has 0 fully saturated rings. The van der Waals surface area contributed by atoms with Gasteiger partial charge in [0.1, 0.15) is 0 Å². The van der Waals surface area contributed by atoms with Gasteiger partial charge in [-0.3, -0.25) is 0 Å². The lowest BCUT2D eigenvalue weighted by Gasteiger charge is -2.05. The highest BCUT2D eigenvalue weighted by molar-refractivity contribution is 5.22. The van der Waals surface area contributed by atoms with Crippen LogP contribution in [-0.2, 0) is 17.9 Å². The van der Waals surface area contributed by atoms with E-state index >= 15 is 0 Å². The van der Waals surface area contributed by atoms with Gasteiger partial charge in [-0.25, -0.2) is 0 Å². The number of hydrogen-bond donors (Lipinski definition) is 1. The van der Waals surface area contributed by atoms with Gasteiger partial charge in [0.15, 0.2) is 0 Å². The van der Waals surface area contributed by atoms with Gasteiger partial charge in [0.25, 0.3) is 0 Å². The van der Waals surface area contributed by atoms with E-state index in [-0.39, 0.29) is 0 Å². The number of ether oxygens (including phenoxy) is 1. The lowest BCUT2D eigenvalue weighted by Crippen LogP contribution is -2.12. The fraction of sp³-hybridized carbons (Fsp3) is 0.385. The maximum atomic E-state index is 5.09. The van der Waals surface area contributed by atoms with Gasteiger partial charge in [0.2, 0.25) is 0 Å². The Balaban J connectivity index is 2.42. The molecule has 1 aromatic rings. The first kappa shape index (κ1) is 12.0. The summed E-state index contributed by atoms with van der Waals surface area (Å²) < 4.78 is 5.09. The molecule has 0 aliphatic rings. The number of hydrogen-bond acceptors (Lipinski definition) is 2. The molecule has 0 heterocycles. The molecule has 0 saturated heterocycles. The van der Waals surface area contributed by atoms with E-state index in [1.165, 1.54) is 11.1 Å². The number of rotatable bonds is 6. The van der Waals surface area contributed by atoms with E-state index in [4.69, 9.17) is 4.74 Å². The quantitative estimate of drug-likeness (QED) is 0.569. The van der Waals surface area contributed by atoms with Gasteiger partial charge >= 0.3 is 0 Å². The second-order valence-corrected chi connectivity index (χ2v) is 3.45. The third-order valence-electron chi connectivity index (χ3n) is 2.13. The van der Waals surface area contributed by atoms with Crippen LogP contribution in [0, 0.1) is 0 Å². The third kappa shape index (κ3) is 4.77. The van der Waals surface area contributed by atoms with E-state index in [0.29, 0.717) is 6.61 Å². The fourth-order valence-corrected chi connectivity index (χ4v) is 1.41. The van der Waals surface area contributed by atoms with E-state index in [1.54, 1.807) is 7.11 Å². The van der Waals surface area contributed by atoms with Gasteiger partial charge < -0.3 is 10.1 Å². The van der Waals surface area contributed by atoms with Crippen LogP contribution in [0.15, 0.2) is 36.4 Å². The van der Waals surface area contributed by atoms with Crippen LogP contribution in [0.25, 0.3) is 0 Å². The van der Waals surface area contributed by atoms with Crippen LogP contribution in [0.5, 0.6) is 0 Å². The largest absolute Gasteiger partial charge is 0.380 e. The standard InChI is InChI=1S/C13H19NO/c1-3-4-8-14-10-12-6-5-7-13(9-12)11-15-2/h3-7,9,14H,8,10-11H2,1-2H3/b4-3+. The molecule has 0 spiro atoms. The molecular formula is C13H19NO. The van der Waals surface area contributed by atoms with Crippen LogP contribution in [0.2, 0.25) is 0 Å². The van der Waals surface area contributed by atoms with E-state index in [2.05, 4.69) is 35.7 Å². The topological polar surface area (TPSA) is 21.3 Å². The summed E-state index contributed by atoms with van der Waals surface area (Å²) in [6.45, 7) is 4.54. The van der Waals surface area contributed by atoms with E-state index < -0.39 is 0 Å². The minimum absolute atomic E-state index is 0.683. The molecule has 0 aliphatic carbocycles. The zero-order valence-electron chi connectivity index (χ0n) is 9.49. The van der Waals surface area contributed by atoms with Crippen LogP contribution < -0.4 is 5.32 Å². The van der Waals surface area contributed by atoms with E-state index in [1.807, 2.05) is 13.0 Å². The molecule has 0 unspecified atom stereocenters. The summed E-state index contributed by atoms with van der Waals surface area (Å²) in [4.78, 5) is 0. The van der Waals surface area contributed by atoms with Crippen LogP contribution in [0.1, 0.15) is 18.1 Å². The molecule has 0 radical (unpaired) electrons. The summed E-state index contributed by atoms with van der Waals surface area (Å²) in [6.07, 6.45) is 4.16. The summed E-state index contributed by atoms with van der Waals surface area (Å²) >= 11 is 0. The van der Waals surface area contributed by atoms with E-state index in [0.717, 1.165) is 13.1 Å². The van der Waals surface area contributed by atoms with Crippen molar-refractivity contribution in [2.45, 2.75) is 20.1 Å². The molecule has 82 valence electrons. The normalized spacial score (nSPS) is 11.1. The SMILES string of the molecule is C/C=C/CNCc1cccc(COC)c1. The van der Waals surface area contributed by atoms with Gasteiger partial charge in [0, 0.05) is 20.2 Å². The van der Waals surface area contributed by atoms with Crippen molar-refractivity contribution in [3.05, 3.63) is 47.5 Å². The number of benzene rings is 1. The Hall–Kier alpha value is -1.12. The van der Waals surface area contributed by atoms with Gasteiger partial charge in [0.05, 0.1) is 6.61 Å². The molecule has 1 rings (SSSR count).